The first-order chi connectivity index (χ1) is 11.8. The number of aromatic hydroxyl groups is 1. The van der Waals surface area contributed by atoms with Gasteiger partial charge in [-0.05, 0) is 44.2 Å². The highest BCUT2D eigenvalue weighted by molar-refractivity contribution is 9.10. The van der Waals surface area contributed by atoms with Crippen LogP contribution in [0.5, 0.6) is 5.75 Å². The van der Waals surface area contributed by atoms with Gasteiger partial charge in [-0.25, -0.2) is 4.79 Å². The minimum Gasteiger partial charge on any atom is -0.507 e. The molecular formula is C18H16BrNO5. The second-order valence-electron chi connectivity index (χ2n) is 5.30. The molecule has 6 nitrogen and oxygen atoms in total. The molecule has 1 amide bonds. The number of carbonyl (C=O) groups excluding carboxylic acids is 3. The summed E-state index contributed by atoms with van der Waals surface area (Å²) in [6, 6.07) is 10.9. The molecule has 0 bridgehead atoms. The van der Waals surface area contributed by atoms with Gasteiger partial charge in [0.15, 0.2) is 11.9 Å². The zero-order valence-corrected chi connectivity index (χ0v) is 15.2. The van der Waals surface area contributed by atoms with Crippen LogP contribution >= 0.6 is 15.9 Å². The van der Waals surface area contributed by atoms with Crippen molar-refractivity contribution in [3.05, 3.63) is 58.1 Å². The van der Waals surface area contributed by atoms with E-state index in [-0.39, 0.29) is 17.1 Å². The maximum absolute atomic E-state index is 12.2. The first kappa shape index (κ1) is 18.7. The third kappa shape index (κ3) is 4.67. The molecule has 2 rings (SSSR count). The number of phenolic OH excluding ortho intramolecular Hbond substituents is 1. The molecule has 0 radical (unpaired) electrons. The molecule has 0 spiro atoms. The number of anilines is 1. The smallest absolute Gasteiger partial charge is 0.342 e. The Labute approximate surface area is 152 Å². The molecule has 2 N–H and O–H groups in total. The minimum absolute atomic E-state index is 0.0573. The number of esters is 1. The molecule has 130 valence electrons. The van der Waals surface area contributed by atoms with E-state index in [4.69, 9.17) is 4.74 Å². The average Bonchev–Trinajstić information content (AvgIpc) is 2.57. The number of hydrogen-bond acceptors (Lipinski definition) is 5. The van der Waals surface area contributed by atoms with E-state index >= 15 is 0 Å². The molecule has 0 aliphatic rings. The fourth-order valence-electron chi connectivity index (χ4n) is 2.08. The zero-order valence-electron chi connectivity index (χ0n) is 13.6. The summed E-state index contributed by atoms with van der Waals surface area (Å²) in [7, 11) is 0. The molecule has 0 heterocycles. The topological polar surface area (TPSA) is 92.7 Å². The van der Waals surface area contributed by atoms with Gasteiger partial charge >= 0.3 is 5.97 Å². The van der Waals surface area contributed by atoms with E-state index < -0.39 is 18.0 Å². The Hall–Kier alpha value is -2.67. The normalized spacial score (nSPS) is 11.5. The van der Waals surface area contributed by atoms with Crippen molar-refractivity contribution < 1.29 is 24.2 Å². The van der Waals surface area contributed by atoms with Crippen LogP contribution in [0.4, 0.5) is 5.69 Å². The summed E-state index contributed by atoms with van der Waals surface area (Å²) in [5.41, 5.74) is 0.644. The number of nitrogens with one attached hydrogen (secondary N) is 1. The lowest BCUT2D eigenvalue weighted by molar-refractivity contribution is -0.123. The second-order valence-corrected chi connectivity index (χ2v) is 6.22. The van der Waals surface area contributed by atoms with Crippen LogP contribution in [0.1, 0.15) is 34.6 Å². The maximum Gasteiger partial charge on any atom is 0.342 e. The number of ketones is 1. The molecule has 2 aromatic carbocycles. The van der Waals surface area contributed by atoms with Gasteiger partial charge in [0.2, 0.25) is 0 Å². The van der Waals surface area contributed by atoms with Crippen molar-refractivity contribution in [3.8, 4) is 5.75 Å². The number of amides is 1. The summed E-state index contributed by atoms with van der Waals surface area (Å²) in [5.74, 6) is -1.86. The first-order valence-electron chi connectivity index (χ1n) is 7.40. The Balaban J connectivity index is 2.09. The number of Topliss-reactive ketones (excluding diaryl/α,β-unsaturated/α-hetero) is 1. The molecule has 0 fully saturated rings. The van der Waals surface area contributed by atoms with Gasteiger partial charge in [0.1, 0.15) is 11.3 Å². The highest BCUT2D eigenvalue weighted by Gasteiger charge is 2.22. The van der Waals surface area contributed by atoms with Gasteiger partial charge in [-0.2, -0.15) is 0 Å². The summed E-state index contributed by atoms with van der Waals surface area (Å²) >= 11 is 3.20. The third-order valence-corrected chi connectivity index (χ3v) is 3.89. The van der Waals surface area contributed by atoms with Gasteiger partial charge in [-0.15, -0.1) is 0 Å². The van der Waals surface area contributed by atoms with E-state index in [1.54, 1.807) is 30.3 Å². The second kappa shape index (κ2) is 7.94. The highest BCUT2D eigenvalue weighted by Crippen LogP contribution is 2.23. The summed E-state index contributed by atoms with van der Waals surface area (Å²) in [5, 5.41) is 12.3. The summed E-state index contributed by atoms with van der Waals surface area (Å²) in [6.07, 6.45) is -1.12. The van der Waals surface area contributed by atoms with Crippen LogP contribution < -0.4 is 5.32 Å². The van der Waals surface area contributed by atoms with E-state index in [9.17, 15) is 19.5 Å². The lowest BCUT2D eigenvalue weighted by atomic mass is 10.1. The van der Waals surface area contributed by atoms with Crippen LogP contribution in [-0.2, 0) is 9.53 Å². The Morgan fingerprint density at radius 1 is 1.12 bits per heavy atom. The van der Waals surface area contributed by atoms with Crippen molar-refractivity contribution in [3.63, 3.8) is 0 Å². The predicted molar refractivity (Wildman–Crippen MR) is 95.8 cm³/mol. The standard InChI is InChI=1S/C18H16BrNO5/c1-10(21)13-5-3-4-6-15(13)20-17(23)11(2)25-18(24)14-9-12(19)7-8-16(14)22/h3-9,11,22H,1-2H3,(H,20,23)/t11-/m1/s1. The first-order valence-corrected chi connectivity index (χ1v) is 8.19. The fraction of sp³-hybridized carbons (Fsp3) is 0.167. The molecule has 1 atom stereocenters. The van der Waals surface area contributed by atoms with Gasteiger partial charge in [0.25, 0.3) is 5.91 Å². The summed E-state index contributed by atoms with van der Waals surface area (Å²) in [6.45, 7) is 2.79. The molecule has 0 unspecified atom stereocenters. The number of benzene rings is 2. The van der Waals surface area contributed by atoms with Crippen molar-refractivity contribution in [2.45, 2.75) is 20.0 Å². The number of ether oxygens (including phenoxy) is 1. The van der Waals surface area contributed by atoms with Gasteiger partial charge in [0.05, 0.1) is 5.69 Å². The number of carbonyl (C=O) groups is 3. The predicted octanol–water partition coefficient (Wildman–Crippen LogP) is 3.54. The van der Waals surface area contributed by atoms with Crippen molar-refractivity contribution in [2.75, 3.05) is 5.32 Å². The minimum atomic E-state index is -1.12. The SMILES string of the molecule is CC(=O)c1ccccc1NC(=O)[C@@H](C)OC(=O)c1cc(Br)ccc1O. The lowest BCUT2D eigenvalue weighted by Gasteiger charge is -2.15. The van der Waals surface area contributed by atoms with E-state index in [2.05, 4.69) is 21.2 Å². The summed E-state index contributed by atoms with van der Waals surface area (Å²) < 4.78 is 5.68. The van der Waals surface area contributed by atoms with Crippen LogP contribution in [-0.4, -0.2) is 28.9 Å². The molecule has 0 aliphatic carbocycles. The monoisotopic (exact) mass is 405 g/mol. The van der Waals surface area contributed by atoms with Crippen LogP contribution in [0.3, 0.4) is 0 Å². The number of hydrogen-bond donors (Lipinski definition) is 2. The van der Waals surface area contributed by atoms with Crippen molar-refractivity contribution in [1.82, 2.24) is 0 Å². The fourth-order valence-corrected chi connectivity index (χ4v) is 2.44. The Kier molecular flexibility index (Phi) is 5.93. The van der Waals surface area contributed by atoms with Gasteiger partial charge in [-0.3, -0.25) is 9.59 Å². The Morgan fingerprint density at radius 2 is 1.80 bits per heavy atom. The largest absolute Gasteiger partial charge is 0.507 e. The molecular weight excluding hydrogens is 390 g/mol. The van der Waals surface area contributed by atoms with E-state index in [1.165, 1.54) is 26.0 Å². The van der Waals surface area contributed by atoms with E-state index in [0.717, 1.165) is 0 Å². The van der Waals surface area contributed by atoms with Crippen LogP contribution in [0.2, 0.25) is 0 Å². The molecule has 7 heteroatoms. The Morgan fingerprint density at radius 3 is 2.48 bits per heavy atom. The van der Waals surface area contributed by atoms with Crippen LogP contribution in [0.25, 0.3) is 0 Å². The quantitative estimate of drug-likeness (QED) is 0.585. The van der Waals surface area contributed by atoms with E-state index in [1.807, 2.05) is 0 Å². The number of rotatable bonds is 5. The molecule has 0 aromatic heterocycles. The van der Waals surface area contributed by atoms with Crippen molar-refractivity contribution in [1.29, 1.82) is 0 Å². The third-order valence-electron chi connectivity index (χ3n) is 3.40. The summed E-state index contributed by atoms with van der Waals surface area (Å²) in [4.78, 5) is 35.9. The molecule has 0 saturated carbocycles. The lowest BCUT2D eigenvalue weighted by Crippen LogP contribution is -2.30. The van der Waals surface area contributed by atoms with Gasteiger partial charge in [0, 0.05) is 10.0 Å². The zero-order chi connectivity index (χ0) is 18.6. The van der Waals surface area contributed by atoms with Crippen molar-refractivity contribution in [2.24, 2.45) is 0 Å². The van der Waals surface area contributed by atoms with Gasteiger partial charge < -0.3 is 15.2 Å². The molecule has 0 aliphatic heterocycles. The van der Waals surface area contributed by atoms with Crippen LogP contribution in [0.15, 0.2) is 46.9 Å². The molecule has 25 heavy (non-hydrogen) atoms. The van der Waals surface area contributed by atoms with Crippen molar-refractivity contribution >= 4 is 39.3 Å². The number of halogens is 1. The maximum atomic E-state index is 12.2. The van der Waals surface area contributed by atoms with E-state index in [0.29, 0.717) is 15.7 Å². The highest BCUT2D eigenvalue weighted by atomic mass is 79.9. The van der Waals surface area contributed by atoms with Crippen LogP contribution in [0, 0.1) is 0 Å². The molecule has 0 saturated heterocycles. The average molecular weight is 406 g/mol. The number of para-hydroxylation sites is 1. The Bertz CT molecular complexity index is 834. The number of phenols is 1. The van der Waals surface area contributed by atoms with Gasteiger partial charge in [-0.1, -0.05) is 28.1 Å². The molecule has 2 aromatic rings.